The number of hydrogen-bond donors (Lipinski definition) is 1. The van der Waals surface area contributed by atoms with Gasteiger partial charge in [-0.3, -0.25) is 0 Å². The highest BCUT2D eigenvalue weighted by atomic mass is 32.2. The van der Waals surface area contributed by atoms with E-state index >= 15 is 0 Å². The molecule has 0 fully saturated rings. The summed E-state index contributed by atoms with van der Waals surface area (Å²) in [6, 6.07) is 20.2. The smallest absolute Gasteiger partial charge is 0.0317 e. The summed E-state index contributed by atoms with van der Waals surface area (Å²) in [6.45, 7) is 2.19. The Bertz CT molecular complexity index is 507. The molecule has 21 heavy (non-hydrogen) atoms. The summed E-state index contributed by atoms with van der Waals surface area (Å²) in [6.07, 6.45) is 3.54. The predicted octanol–water partition coefficient (Wildman–Crippen LogP) is 5.08. The number of hydrogen-bond acceptors (Lipinski definition) is 2. The van der Waals surface area contributed by atoms with Gasteiger partial charge >= 0.3 is 0 Å². The number of aryl methyl sites for hydroxylation is 1. The van der Waals surface area contributed by atoms with Crippen molar-refractivity contribution in [3.05, 3.63) is 65.7 Å². The fraction of sp³-hybridized carbons (Fsp3) is 0.368. The molecule has 2 aromatic rings. The van der Waals surface area contributed by atoms with Crippen molar-refractivity contribution in [2.24, 2.45) is 0 Å². The van der Waals surface area contributed by atoms with Gasteiger partial charge < -0.3 is 5.32 Å². The minimum absolute atomic E-state index is 0.453. The van der Waals surface area contributed by atoms with Crippen LogP contribution in [0.15, 0.2) is 59.5 Å². The molecule has 112 valence electrons. The van der Waals surface area contributed by atoms with Crippen LogP contribution in [0.1, 0.15) is 36.9 Å². The molecule has 0 heterocycles. The van der Waals surface area contributed by atoms with Crippen LogP contribution in [0, 0.1) is 0 Å². The molecule has 0 bridgehead atoms. The first-order valence-corrected chi connectivity index (χ1v) is 8.76. The van der Waals surface area contributed by atoms with E-state index in [0.717, 1.165) is 12.2 Å². The monoisotopic (exact) mass is 299 g/mol. The normalized spacial score (nSPS) is 12.3. The number of benzene rings is 2. The zero-order chi connectivity index (χ0) is 14.9. The maximum absolute atomic E-state index is 3.45. The van der Waals surface area contributed by atoms with Gasteiger partial charge in [0.2, 0.25) is 0 Å². The maximum Gasteiger partial charge on any atom is 0.0317 e. The van der Waals surface area contributed by atoms with Crippen molar-refractivity contribution in [2.45, 2.75) is 37.1 Å². The molecule has 1 nitrogen and oxygen atoms in total. The quantitative estimate of drug-likeness (QED) is 0.682. The molecule has 0 aliphatic carbocycles. The molecule has 0 aliphatic heterocycles. The summed E-state index contributed by atoms with van der Waals surface area (Å²) in [7, 11) is 2.06. The van der Waals surface area contributed by atoms with Crippen molar-refractivity contribution in [2.75, 3.05) is 12.8 Å². The van der Waals surface area contributed by atoms with Crippen LogP contribution in [0.3, 0.4) is 0 Å². The van der Waals surface area contributed by atoms with Gasteiger partial charge in [-0.15, -0.1) is 11.8 Å². The Kier molecular flexibility index (Phi) is 6.84. The average molecular weight is 299 g/mol. The van der Waals surface area contributed by atoms with E-state index in [2.05, 4.69) is 73.9 Å². The van der Waals surface area contributed by atoms with Gasteiger partial charge in [-0.2, -0.15) is 0 Å². The molecule has 0 saturated carbocycles. The minimum Gasteiger partial charge on any atom is -0.313 e. The van der Waals surface area contributed by atoms with Crippen LogP contribution in [-0.2, 0) is 6.42 Å². The summed E-state index contributed by atoms with van der Waals surface area (Å²) < 4.78 is 0. The van der Waals surface area contributed by atoms with Crippen molar-refractivity contribution >= 4 is 11.8 Å². The van der Waals surface area contributed by atoms with E-state index < -0.39 is 0 Å². The lowest BCUT2D eigenvalue weighted by Crippen LogP contribution is -2.16. The minimum atomic E-state index is 0.453. The molecule has 2 rings (SSSR count). The molecule has 1 N–H and O–H groups in total. The third kappa shape index (κ3) is 5.22. The second-order valence-electron chi connectivity index (χ2n) is 5.22. The first-order valence-electron chi connectivity index (χ1n) is 7.77. The fourth-order valence-corrected chi connectivity index (χ4v) is 3.26. The van der Waals surface area contributed by atoms with E-state index in [1.54, 1.807) is 0 Å². The van der Waals surface area contributed by atoms with Crippen LogP contribution in [0.5, 0.6) is 0 Å². The summed E-state index contributed by atoms with van der Waals surface area (Å²) in [4.78, 5) is 1.36. The molecule has 0 aromatic heterocycles. The Morgan fingerprint density at radius 3 is 2.33 bits per heavy atom. The van der Waals surface area contributed by atoms with Gasteiger partial charge in [0.05, 0.1) is 0 Å². The van der Waals surface area contributed by atoms with Gasteiger partial charge in [-0.05, 0) is 55.3 Å². The van der Waals surface area contributed by atoms with Crippen molar-refractivity contribution < 1.29 is 0 Å². The van der Waals surface area contributed by atoms with E-state index in [0.29, 0.717) is 6.04 Å². The Morgan fingerprint density at radius 1 is 1.00 bits per heavy atom. The lowest BCUT2D eigenvalue weighted by molar-refractivity contribution is 0.527. The summed E-state index contributed by atoms with van der Waals surface area (Å²) in [5, 5.41) is 3.45. The number of nitrogens with one attached hydrogen (secondary N) is 1. The maximum atomic E-state index is 3.45. The number of thioether (sulfide) groups is 1. The Hall–Kier alpha value is -1.25. The van der Waals surface area contributed by atoms with Gasteiger partial charge in [0.25, 0.3) is 0 Å². The van der Waals surface area contributed by atoms with E-state index in [1.807, 2.05) is 11.8 Å². The molecule has 2 heteroatoms. The number of rotatable bonds is 8. The molecular formula is C19H25NS. The standard InChI is InChI=1S/C19H25NS/c1-3-21-18-14-12-17(13-15-18)19(20-2)11-7-10-16-8-5-4-6-9-16/h4-6,8-9,12-15,19-20H,3,7,10-11H2,1-2H3. The highest BCUT2D eigenvalue weighted by Gasteiger charge is 2.08. The Labute approximate surface area is 133 Å². The zero-order valence-electron chi connectivity index (χ0n) is 13.0. The van der Waals surface area contributed by atoms with Gasteiger partial charge in [0.15, 0.2) is 0 Å². The topological polar surface area (TPSA) is 12.0 Å². The van der Waals surface area contributed by atoms with Gasteiger partial charge in [-0.25, -0.2) is 0 Å². The lowest BCUT2D eigenvalue weighted by atomic mass is 9.99. The molecule has 0 saturated heterocycles. The molecule has 1 atom stereocenters. The van der Waals surface area contributed by atoms with Crippen LogP contribution < -0.4 is 5.32 Å². The molecule has 2 aromatic carbocycles. The van der Waals surface area contributed by atoms with Crippen LogP contribution in [0.2, 0.25) is 0 Å². The molecule has 0 amide bonds. The third-order valence-electron chi connectivity index (χ3n) is 3.74. The summed E-state index contributed by atoms with van der Waals surface area (Å²) >= 11 is 1.90. The molecule has 0 aliphatic rings. The van der Waals surface area contributed by atoms with Crippen molar-refractivity contribution in [1.29, 1.82) is 0 Å². The van der Waals surface area contributed by atoms with Crippen LogP contribution >= 0.6 is 11.8 Å². The molecule has 0 spiro atoms. The second-order valence-corrected chi connectivity index (χ2v) is 6.56. The van der Waals surface area contributed by atoms with Crippen LogP contribution in [-0.4, -0.2) is 12.8 Å². The fourth-order valence-electron chi connectivity index (χ4n) is 2.60. The van der Waals surface area contributed by atoms with Crippen LogP contribution in [0.4, 0.5) is 0 Å². The largest absolute Gasteiger partial charge is 0.313 e. The zero-order valence-corrected chi connectivity index (χ0v) is 13.8. The van der Waals surface area contributed by atoms with Gasteiger partial charge in [0.1, 0.15) is 0 Å². The summed E-state index contributed by atoms with van der Waals surface area (Å²) in [5.41, 5.74) is 2.83. The molecule has 1 unspecified atom stereocenters. The Morgan fingerprint density at radius 2 is 1.71 bits per heavy atom. The predicted molar refractivity (Wildman–Crippen MR) is 94.0 cm³/mol. The van der Waals surface area contributed by atoms with E-state index in [-0.39, 0.29) is 0 Å². The first kappa shape index (κ1) is 16.1. The molecular weight excluding hydrogens is 274 g/mol. The first-order chi connectivity index (χ1) is 10.3. The van der Waals surface area contributed by atoms with E-state index in [1.165, 1.54) is 28.9 Å². The molecule has 0 radical (unpaired) electrons. The lowest BCUT2D eigenvalue weighted by Gasteiger charge is -2.17. The summed E-state index contributed by atoms with van der Waals surface area (Å²) in [5.74, 6) is 1.13. The van der Waals surface area contributed by atoms with Crippen molar-refractivity contribution in [3.63, 3.8) is 0 Å². The van der Waals surface area contributed by atoms with Gasteiger partial charge in [0, 0.05) is 10.9 Å². The Balaban J connectivity index is 1.87. The highest BCUT2D eigenvalue weighted by molar-refractivity contribution is 7.99. The van der Waals surface area contributed by atoms with Crippen molar-refractivity contribution in [3.8, 4) is 0 Å². The van der Waals surface area contributed by atoms with E-state index in [9.17, 15) is 0 Å². The van der Waals surface area contributed by atoms with Gasteiger partial charge in [-0.1, -0.05) is 49.4 Å². The second kappa shape index (κ2) is 8.91. The highest BCUT2D eigenvalue weighted by Crippen LogP contribution is 2.23. The van der Waals surface area contributed by atoms with E-state index in [4.69, 9.17) is 0 Å². The van der Waals surface area contributed by atoms with Crippen LogP contribution in [0.25, 0.3) is 0 Å². The van der Waals surface area contributed by atoms with Crippen molar-refractivity contribution in [1.82, 2.24) is 5.32 Å². The SMILES string of the molecule is CCSc1ccc(C(CCCc2ccccc2)NC)cc1. The third-order valence-corrected chi connectivity index (χ3v) is 4.64. The average Bonchev–Trinajstić information content (AvgIpc) is 2.54.